The second-order valence-electron chi connectivity index (χ2n) is 6.77. The summed E-state index contributed by atoms with van der Waals surface area (Å²) in [4.78, 5) is 28.8. The quantitative estimate of drug-likeness (QED) is 0.457. The molecule has 1 aromatic heterocycles. The molecule has 1 amide bonds. The number of carbonyl (C=O) groups excluding carboxylic acids is 2. The molecule has 1 unspecified atom stereocenters. The van der Waals surface area contributed by atoms with Crippen molar-refractivity contribution in [1.82, 2.24) is 10.1 Å². The maximum absolute atomic E-state index is 12.5. The lowest BCUT2D eigenvalue weighted by Gasteiger charge is -2.14. The molecule has 0 spiro atoms. The number of halogens is 1. The van der Waals surface area contributed by atoms with Gasteiger partial charge in [0.25, 0.3) is 11.8 Å². The van der Waals surface area contributed by atoms with E-state index in [2.05, 4.69) is 15.5 Å². The summed E-state index contributed by atoms with van der Waals surface area (Å²) in [7, 11) is 2.90. The maximum atomic E-state index is 12.5. The van der Waals surface area contributed by atoms with Gasteiger partial charge in [-0.1, -0.05) is 16.8 Å². The third-order valence-corrected chi connectivity index (χ3v) is 4.60. The van der Waals surface area contributed by atoms with Crippen LogP contribution in [-0.4, -0.2) is 42.8 Å². The van der Waals surface area contributed by atoms with Crippen molar-refractivity contribution in [2.75, 3.05) is 26.1 Å². The van der Waals surface area contributed by atoms with Crippen molar-refractivity contribution in [3.05, 3.63) is 58.7 Å². The number of aryl methyl sites for hydroxylation is 1. The molecule has 0 saturated heterocycles. The number of rotatable bonds is 9. The van der Waals surface area contributed by atoms with Gasteiger partial charge >= 0.3 is 5.97 Å². The summed E-state index contributed by atoms with van der Waals surface area (Å²) in [5.41, 5.74) is 0.629. The fraction of sp³-hybridized carbons (Fsp3) is 0.273. The van der Waals surface area contributed by atoms with E-state index in [4.69, 9.17) is 35.1 Å². The molecule has 33 heavy (non-hydrogen) atoms. The van der Waals surface area contributed by atoms with Gasteiger partial charge in [-0.15, -0.1) is 0 Å². The minimum atomic E-state index is -0.729. The Labute approximate surface area is 194 Å². The second-order valence-corrected chi connectivity index (χ2v) is 7.21. The Hall–Kier alpha value is -3.79. The number of aromatic nitrogens is 2. The molecule has 0 aliphatic carbocycles. The van der Waals surface area contributed by atoms with Crippen LogP contribution in [-0.2, 0) is 9.53 Å². The number of hydrogen-bond acceptors (Lipinski definition) is 9. The van der Waals surface area contributed by atoms with Crippen LogP contribution in [0.4, 0.5) is 5.69 Å². The SMILES string of the molecule is COc1ccc(Cl)cc1NC(=O)COc1ccc(C(=O)OC(C)c2nc(C)no2)cc1OC. The highest BCUT2D eigenvalue weighted by Gasteiger charge is 2.20. The van der Waals surface area contributed by atoms with E-state index in [0.717, 1.165) is 0 Å². The zero-order valence-corrected chi connectivity index (χ0v) is 19.1. The number of nitrogens with one attached hydrogen (secondary N) is 1. The highest BCUT2D eigenvalue weighted by atomic mass is 35.5. The molecular formula is C22H22ClN3O7. The maximum Gasteiger partial charge on any atom is 0.339 e. The number of amides is 1. The lowest BCUT2D eigenvalue weighted by Crippen LogP contribution is -2.20. The average Bonchev–Trinajstić information content (AvgIpc) is 3.24. The number of anilines is 1. The van der Waals surface area contributed by atoms with Crippen LogP contribution >= 0.6 is 11.6 Å². The summed E-state index contributed by atoms with van der Waals surface area (Å²) in [5.74, 6) is 0.544. The molecule has 3 aromatic rings. The number of nitrogens with zero attached hydrogens (tertiary/aromatic N) is 2. The molecule has 1 heterocycles. The fourth-order valence-corrected chi connectivity index (χ4v) is 2.95. The topological polar surface area (TPSA) is 122 Å². The van der Waals surface area contributed by atoms with E-state index in [1.807, 2.05) is 0 Å². The van der Waals surface area contributed by atoms with Crippen LogP contribution in [0.1, 0.15) is 35.1 Å². The molecule has 10 nitrogen and oxygen atoms in total. The molecule has 1 atom stereocenters. The molecule has 174 valence electrons. The fourth-order valence-electron chi connectivity index (χ4n) is 2.78. The molecular weight excluding hydrogens is 454 g/mol. The van der Waals surface area contributed by atoms with Gasteiger partial charge in [-0.2, -0.15) is 4.98 Å². The lowest BCUT2D eigenvalue weighted by atomic mass is 10.2. The van der Waals surface area contributed by atoms with Crippen LogP contribution < -0.4 is 19.5 Å². The molecule has 0 fully saturated rings. The van der Waals surface area contributed by atoms with Crippen molar-refractivity contribution in [3.8, 4) is 17.2 Å². The van der Waals surface area contributed by atoms with Crippen LogP contribution in [0.2, 0.25) is 5.02 Å². The van der Waals surface area contributed by atoms with E-state index in [0.29, 0.717) is 22.3 Å². The number of methoxy groups -OCH3 is 2. The van der Waals surface area contributed by atoms with Crippen LogP contribution in [0.15, 0.2) is 40.9 Å². The number of esters is 1. The number of hydrogen-bond donors (Lipinski definition) is 1. The van der Waals surface area contributed by atoms with Crippen molar-refractivity contribution < 1.29 is 33.1 Å². The third-order valence-electron chi connectivity index (χ3n) is 4.37. The van der Waals surface area contributed by atoms with Gasteiger partial charge in [-0.25, -0.2) is 4.79 Å². The summed E-state index contributed by atoms with van der Waals surface area (Å²) in [6, 6.07) is 9.29. The smallest absolute Gasteiger partial charge is 0.339 e. The Kier molecular flexibility index (Phi) is 7.73. The third kappa shape index (κ3) is 6.13. The van der Waals surface area contributed by atoms with E-state index in [-0.39, 0.29) is 29.6 Å². The molecule has 2 aromatic carbocycles. The van der Waals surface area contributed by atoms with Gasteiger partial charge in [0.1, 0.15) is 5.75 Å². The predicted octanol–water partition coefficient (Wildman–Crippen LogP) is 3.98. The van der Waals surface area contributed by atoms with E-state index >= 15 is 0 Å². The molecule has 0 bridgehead atoms. The summed E-state index contributed by atoms with van der Waals surface area (Å²) in [6.45, 7) is 2.97. The average molecular weight is 476 g/mol. The predicted molar refractivity (Wildman–Crippen MR) is 118 cm³/mol. The van der Waals surface area contributed by atoms with Gasteiger partial charge in [0.05, 0.1) is 25.5 Å². The molecule has 0 radical (unpaired) electrons. The van der Waals surface area contributed by atoms with Gasteiger partial charge in [0, 0.05) is 5.02 Å². The van der Waals surface area contributed by atoms with Crippen LogP contribution in [0.5, 0.6) is 17.2 Å². The van der Waals surface area contributed by atoms with Crippen LogP contribution in [0, 0.1) is 6.92 Å². The molecule has 0 saturated carbocycles. The number of benzene rings is 2. The van der Waals surface area contributed by atoms with Crippen LogP contribution in [0.3, 0.4) is 0 Å². The van der Waals surface area contributed by atoms with E-state index < -0.39 is 18.0 Å². The minimum Gasteiger partial charge on any atom is -0.495 e. The van der Waals surface area contributed by atoms with Crippen molar-refractivity contribution in [2.24, 2.45) is 0 Å². The Balaban J connectivity index is 1.63. The largest absolute Gasteiger partial charge is 0.495 e. The molecule has 0 aliphatic rings. The highest BCUT2D eigenvalue weighted by Crippen LogP contribution is 2.30. The van der Waals surface area contributed by atoms with Crippen molar-refractivity contribution in [3.63, 3.8) is 0 Å². The first-order chi connectivity index (χ1) is 15.8. The molecule has 11 heteroatoms. The Morgan fingerprint density at radius 1 is 1.09 bits per heavy atom. The zero-order valence-electron chi connectivity index (χ0n) is 18.4. The van der Waals surface area contributed by atoms with Crippen molar-refractivity contribution in [1.29, 1.82) is 0 Å². The first kappa shape index (κ1) is 23.9. The Bertz CT molecular complexity index is 1150. The van der Waals surface area contributed by atoms with Gasteiger partial charge in [-0.3, -0.25) is 4.79 Å². The molecule has 1 N–H and O–H groups in total. The van der Waals surface area contributed by atoms with E-state index in [1.165, 1.54) is 32.4 Å². The van der Waals surface area contributed by atoms with Crippen molar-refractivity contribution in [2.45, 2.75) is 20.0 Å². The number of carbonyl (C=O) groups is 2. The first-order valence-corrected chi connectivity index (χ1v) is 10.1. The first-order valence-electron chi connectivity index (χ1n) is 9.76. The lowest BCUT2D eigenvalue weighted by molar-refractivity contribution is -0.118. The number of ether oxygens (including phenoxy) is 4. The Morgan fingerprint density at radius 2 is 1.82 bits per heavy atom. The zero-order chi connectivity index (χ0) is 24.0. The summed E-state index contributed by atoms with van der Waals surface area (Å²) < 4.78 is 26.4. The highest BCUT2D eigenvalue weighted by molar-refractivity contribution is 6.31. The van der Waals surface area contributed by atoms with Crippen LogP contribution in [0.25, 0.3) is 0 Å². The van der Waals surface area contributed by atoms with Gasteiger partial charge in [0.2, 0.25) is 0 Å². The van der Waals surface area contributed by atoms with Crippen molar-refractivity contribution >= 4 is 29.2 Å². The van der Waals surface area contributed by atoms with E-state index in [9.17, 15) is 9.59 Å². The summed E-state index contributed by atoms with van der Waals surface area (Å²) in [6.07, 6.45) is -0.729. The summed E-state index contributed by atoms with van der Waals surface area (Å²) in [5, 5.41) is 6.79. The van der Waals surface area contributed by atoms with Gasteiger partial charge in [-0.05, 0) is 50.2 Å². The van der Waals surface area contributed by atoms with Gasteiger partial charge < -0.3 is 28.8 Å². The van der Waals surface area contributed by atoms with Gasteiger partial charge in [0.15, 0.2) is 30.0 Å². The second kappa shape index (κ2) is 10.7. The monoisotopic (exact) mass is 475 g/mol. The van der Waals surface area contributed by atoms with E-state index in [1.54, 1.807) is 32.0 Å². The summed E-state index contributed by atoms with van der Waals surface area (Å²) >= 11 is 5.97. The standard InChI is InChI=1S/C22H22ClN3O7/c1-12(21-24-13(2)26-33-21)32-22(28)14-5-7-18(19(9-14)30-4)31-11-20(27)25-16-10-15(23)6-8-17(16)29-3/h5-10,12H,11H2,1-4H3,(H,25,27). The minimum absolute atomic E-state index is 0.190. The Morgan fingerprint density at radius 3 is 2.48 bits per heavy atom. The molecule has 0 aliphatic heterocycles. The normalized spacial score (nSPS) is 11.4. The molecule has 3 rings (SSSR count).